The van der Waals surface area contributed by atoms with Crippen LogP contribution in [0.25, 0.3) is 11.0 Å². The van der Waals surface area contributed by atoms with E-state index in [9.17, 15) is 28.5 Å². The van der Waals surface area contributed by atoms with Gasteiger partial charge in [-0.15, -0.1) is 5.06 Å². The lowest BCUT2D eigenvalue weighted by molar-refractivity contribution is -0.171. The Morgan fingerprint density at radius 1 is 1.08 bits per heavy atom. The minimum Gasteiger partial charge on any atom is -0.423 e. The Hall–Kier alpha value is -3.58. The Labute approximate surface area is 210 Å². The molecule has 1 fully saturated rings. The first-order valence-electron chi connectivity index (χ1n) is 11.2. The molecule has 1 saturated heterocycles. The molecule has 1 aromatic heterocycles. The van der Waals surface area contributed by atoms with E-state index in [4.69, 9.17) is 19.0 Å². The van der Waals surface area contributed by atoms with Crippen LogP contribution in [-0.2, 0) is 28.3 Å². The fourth-order valence-electron chi connectivity index (χ4n) is 3.58. The fourth-order valence-corrected chi connectivity index (χ4v) is 3.81. The first-order chi connectivity index (χ1) is 17.3. The number of hydroxylamine groups is 2. The molecule has 2 atom stereocenters. The number of phosphoric acid groups is 1. The van der Waals surface area contributed by atoms with Crippen molar-refractivity contribution in [1.82, 2.24) is 15.7 Å². The number of amides is 4. The average Bonchev–Trinajstić information content (AvgIpc) is 3.12. The van der Waals surface area contributed by atoms with Gasteiger partial charge in [-0.05, 0) is 29.5 Å². The number of fused-ring (bicyclic) bond motifs is 1. The van der Waals surface area contributed by atoms with Crippen LogP contribution in [0.3, 0.4) is 0 Å². The molecule has 4 N–H and O–H groups in total. The molecule has 0 saturated carbocycles. The summed E-state index contributed by atoms with van der Waals surface area (Å²) < 4.78 is 20.3. The summed E-state index contributed by atoms with van der Waals surface area (Å²) in [5.41, 5.74) is 0.621. The fraction of sp³-hybridized carbons (Fsp3) is 0.409. The number of nitrogens with zero attached hydrogens (tertiary/aromatic N) is 1. The van der Waals surface area contributed by atoms with E-state index < -0.39 is 49.9 Å². The predicted octanol–water partition coefficient (Wildman–Crippen LogP) is 1.36. The molecule has 1 aliphatic rings. The van der Waals surface area contributed by atoms with E-state index in [1.807, 2.05) is 0 Å². The van der Waals surface area contributed by atoms with Gasteiger partial charge >= 0.3 is 19.5 Å². The smallest absolute Gasteiger partial charge is 0.423 e. The average molecular weight is 539 g/mol. The highest BCUT2D eigenvalue weighted by Gasteiger charge is 2.33. The largest absolute Gasteiger partial charge is 0.471 e. The molecule has 0 radical (unpaired) electrons. The van der Waals surface area contributed by atoms with E-state index in [1.54, 1.807) is 38.1 Å². The Bertz CT molecular complexity index is 1300. The Balaban J connectivity index is 1.60. The Kier molecular flexibility index (Phi) is 8.81. The molecule has 15 heteroatoms. The molecule has 37 heavy (non-hydrogen) atoms. The van der Waals surface area contributed by atoms with E-state index in [1.165, 1.54) is 0 Å². The normalized spacial score (nSPS) is 15.5. The molecule has 2 aromatic rings. The number of phosphoric ester groups is 1. The summed E-state index contributed by atoms with van der Waals surface area (Å²) in [5, 5.41) is 5.73. The number of hydrogen-bond donors (Lipinski definition) is 4. The summed E-state index contributed by atoms with van der Waals surface area (Å²) in [6.45, 7) is 2.87. The number of carbonyl (C=O) groups excluding carboxylic acids is 4. The third-order valence-corrected chi connectivity index (χ3v) is 6.08. The van der Waals surface area contributed by atoms with Gasteiger partial charge in [0.15, 0.2) is 0 Å². The maximum Gasteiger partial charge on any atom is 0.471 e. The molecule has 0 spiro atoms. The maximum absolute atomic E-state index is 12.6. The summed E-state index contributed by atoms with van der Waals surface area (Å²) >= 11 is 0. The van der Waals surface area contributed by atoms with E-state index in [-0.39, 0.29) is 37.3 Å². The molecular formula is C22H26N3O11P. The van der Waals surface area contributed by atoms with Gasteiger partial charge < -0.3 is 29.7 Å². The molecule has 0 bridgehead atoms. The van der Waals surface area contributed by atoms with Crippen LogP contribution in [0, 0.1) is 0 Å². The minimum atomic E-state index is -4.71. The van der Waals surface area contributed by atoms with E-state index in [0.29, 0.717) is 16.0 Å². The van der Waals surface area contributed by atoms with Gasteiger partial charge in [0.1, 0.15) is 12.3 Å². The number of nitrogens with one attached hydrogen (secondary N) is 2. The zero-order valence-corrected chi connectivity index (χ0v) is 20.9. The van der Waals surface area contributed by atoms with Crippen LogP contribution >= 0.6 is 7.82 Å². The van der Waals surface area contributed by atoms with Gasteiger partial charge in [0.25, 0.3) is 11.8 Å². The lowest BCUT2D eigenvalue weighted by atomic mass is 9.96. The lowest BCUT2D eigenvalue weighted by Crippen LogP contribution is -2.38. The number of rotatable bonds is 10. The third-order valence-electron chi connectivity index (χ3n) is 5.61. The van der Waals surface area contributed by atoms with E-state index >= 15 is 0 Å². The maximum atomic E-state index is 12.6. The lowest BCUT2D eigenvalue weighted by Gasteiger charge is -2.16. The number of benzene rings is 1. The summed E-state index contributed by atoms with van der Waals surface area (Å²) in [5.74, 6) is -2.54. The summed E-state index contributed by atoms with van der Waals surface area (Å²) in [4.78, 5) is 81.6. The summed E-state index contributed by atoms with van der Waals surface area (Å²) in [6, 6.07) is 6.73. The first kappa shape index (κ1) is 28.0. The predicted molar refractivity (Wildman–Crippen MR) is 126 cm³/mol. The third kappa shape index (κ3) is 7.70. The summed E-state index contributed by atoms with van der Waals surface area (Å²) in [7, 11) is -4.71. The van der Waals surface area contributed by atoms with Gasteiger partial charge in [-0.25, -0.2) is 14.2 Å². The topological polar surface area (TPSA) is 202 Å². The highest BCUT2D eigenvalue weighted by molar-refractivity contribution is 7.46. The number of hydrogen-bond acceptors (Lipinski definition) is 9. The van der Waals surface area contributed by atoms with Crippen LogP contribution in [-0.4, -0.2) is 51.9 Å². The van der Waals surface area contributed by atoms with Crippen molar-refractivity contribution in [2.45, 2.75) is 44.9 Å². The van der Waals surface area contributed by atoms with Crippen molar-refractivity contribution in [2.75, 3.05) is 13.3 Å². The van der Waals surface area contributed by atoms with Crippen LogP contribution in [0.15, 0.2) is 33.5 Å². The second kappa shape index (κ2) is 11.6. The van der Waals surface area contributed by atoms with Crippen molar-refractivity contribution < 1.29 is 47.3 Å². The van der Waals surface area contributed by atoms with Crippen molar-refractivity contribution in [3.05, 3.63) is 45.8 Å². The quantitative estimate of drug-likeness (QED) is 0.147. The number of imide groups is 1. The molecular weight excluding hydrogens is 513 g/mol. The molecule has 3 rings (SSSR count). The van der Waals surface area contributed by atoms with Crippen LogP contribution in [0.1, 0.15) is 56.1 Å². The molecule has 1 aromatic carbocycles. The molecule has 1 aliphatic heterocycles. The van der Waals surface area contributed by atoms with Crippen molar-refractivity contribution in [1.29, 1.82) is 0 Å². The molecule has 4 amide bonds. The highest BCUT2D eigenvalue weighted by atomic mass is 31.2. The zero-order valence-electron chi connectivity index (χ0n) is 20.0. The van der Waals surface area contributed by atoms with Crippen molar-refractivity contribution in [3.63, 3.8) is 0 Å². The number of carbonyl (C=O) groups is 4. The van der Waals surface area contributed by atoms with E-state index in [2.05, 4.69) is 15.2 Å². The molecule has 14 nitrogen and oxygen atoms in total. The monoisotopic (exact) mass is 539 g/mol. The van der Waals surface area contributed by atoms with Crippen LogP contribution in [0.4, 0.5) is 4.79 Å². The molecule has 2 unspecified atom stereocenters. The molecule has 0 aliphatic carbocycles. The van der Waals surface area contributed by atoms with Crippen LogP contribution < -0.4 is 16.3 Å². The van der Waals surface area contributed by atoms with Gasteiger partial charge in [-0.2, -0.15) is 0 Å². The van der Waals surface area contributed by atoms with Gasteiger partial charge in [-0.1, -0.05) is 26.0 Å². The second-order valence-corrected chi connectivity index (χ2v) is 9.74. The molecule has 200 valence electrons. The standard InChI is InChI=1S/C22H26N3O11P/c1-12(7-18(26)24-11-34-37(31,32)33)16-8-15-4-3-14(9-17(15)35-21(16)29)13(2)10-23-22(30)36-25-19(27)5-6-20(25)28/h3-4,8-9,12-13H,5-7,10-11H2,1-2H3,(H,23,30)(H,24,26)(H2,31,32,33). The minimum absolute atomic E-state index is 0.00710. The van der Waals surface area contributed by atoms with Gasteiger partial charge in [0.05, 0.1) is 0 Å². The first-order valence-corrected chi connectivity index (χ1v) is 12.7. The van der Waals surface area contributed by atoms with E-state index in [0.717, 1.165) is 5.56 Å². The van der Waals surface area contributed by atoms with Gasteiger partial charge in [0, 0.05) is 36.8 Å². The Morgan fingerprint density at radius 3 is 2.41 bits per heavy atom. The second-order valence-electron chi connectivity index (χ2n) is 8.50. The van der Waals surface area contributed by atoms with Crippen LogP contribution in [0.5, 0.6) is 0 Å². The SMILES string of the molecule is CC(CNC(=O)ON1C(=O)CCC1=O)c1ccc2cc(C(C)CC(=O)NCOP(=O)(O)O)c(=O)oc2c1. The zero-order chi connectivity index (χ0) is 27.3. The van der Waals surface area contributed by atoms with Gasteiger partial charge in [0.2, 0.25) is 5.91 Å². The van der Waals surface area contributed by atoms with Gasteiger partial charge in [-0.3, -0.25) is 18.9 Å². The van der Waals surface area contributed by atoms with Crippen LogP contribution in [0.2, 0.25) is 0 Å². The Morgan fingerprint density at radius 2 is 1.76 bits per heavy atom. The van der Waals surface area contributed by atoms with Crippen molar-refractivity contribution >= 4 is 42.6 Å². The van der Waals surface area contributed by atoms with Crippen molar-refractivity contribution in [2.24, 2.45) is 0 Å². The molecule has 2 heterocycles. The van der Waals surface area contributed by atoms with Crippen molar-refractivity contribution in [3.8, 4) is 0 Å². The highest BCUT2D eigenvalue weighted by Crippen LogP contribution is 2.34. The summed E-state index contributed by atoms with van der Waals surface area (Å²) in [6.07, 6.45) is -1.11.